The molecular weight excluding hydrogens is 827 g/mol. The highest BCUT2D eigenvalue weighted by atomic mass is 15.0. The number of rotatable bonds is 6. The lowest BCUT2D eigenvalue weighted by Gasteiger charge is -2.19. The summed E-state index contributed by atoms with van der Waals surface area (Å²) in [4.78, 5) is 16.2. The fourth-order valence-electron chi connectivity index (χ4n) is 10.7. The molecule has 0 aliphatic heterocycles. The van der Waals surface area contributed by atoms with Crippen molar-refractivity contribution in [3.8, 4) is 56.7 Å². The second-order valence-electron chi connectivity index (χ2n) is 17.6. The molecule has 316 valence electrons. The third kappa shape index (κ3) is 5.93. The molecule has 0 aliphatic rings. The maximum atomic E-state index is 5.52. The molecule has 3 heterocycles. The molecular formula is C63H39N5. The Kier molecular flexibility index (Phi) is 8.52. The number of aromatic nitrogens is 5. The van der Waals surface area contributed by atoms with Gasteiger partial charge in [-0.05, 0) is 86.6 Å². The Morgan fingerprint density at radius 1 is 0.279 bits per heavy atom. The maximum Gasteiger partial charge on any atom is 0.165 e. The number of fused-ring (bicyclic) bond motifs is 10. The van der Waals surface area contributed by atoms with Crippen LogP contribution in [0.15, 0.2) is 237 Å². The van der Waals surface area contributed by atoms with Gasteiger partial charge in [0.15, 0.2) is 17.5 Å². The Bertz CT molecular complexity index is 4300. The molecule has 14 aromatic rings. The van der Waals surface area contributed by atoms with Crippen molar-refractivity contribution in [1.29, 1.82) is 0 Å². The van der Waals surface area contributed by atoms with E-state index in [1.165, 1.54) is 43.1 Å². The lowest BCUT2D eigenvalue weighted by molar-refractivity contribution is 1.08. The van der Waals surface area contributed by atoms with Crippen LogP contribution in [-0.2, 0) is 0 Å². The van der Waals surface area contributed by atoms with Gasteiger partial charge in [-0.3, -0.25) is 0 Å². The van der Waals surface area contributed by atoms with Crippen molar-refractivity contribution in [3.05, 3.63) is 237 Å². The van der Waals surface area contributed by atoms with Crippen molar-refractivity contribution in [2.24, 2.45) is 0 Å². The van der Waals surface area contributed by atoms with Gasteiger partial charge in [0.2, 0.25) is 0 Å². The zero-order valence-corrected chi connectivity index (χ0v) is 36.8. The van der Waals surface area contributed by atoms with Crippen LogP contribution >= 0.6 is 0 Å². The normalized spacial score (nSPS) is 11.8. The molecule has 0 bridgehead atoms. The zero-order chi connectivity index (χ0) is 44.7. The first kappa shape index (κ1) is 38.1. The standard InChI is InChI=1S/C63H39N5/c1-4-18-40(19-5-1)52-39-58(68-55-35-33-41-20-12-13-27-47(41)59(55)53-36-43-23-10-11-24-44(43)37-57(53)68)49-29-14-15-30-51(49)60(52)63-65-61(42-21-6-2-7-22-42)64-62(66-63)45-32-34-50-48-28-16-17-31-54(48)67(56(50)38-45)46-25-8-3-9-26-46/h1-39H. The molecule has 68 heavy (non-hydrogen) atoms. The molecule has 0 fully saturated rings. The molecule has 0 atom stereocenters. The number of hydrogen-bond donors (Lipinski definition) is 0. The van der Waals surface area contributed by atoms with Crippen molar-refractivity contribution < 1.29 is 0 Å². The molecule has 5 heteroatoms. The first-order valence-corrected chi connectivity index (χ1v) is 23.1. The summed E-state index contributed by atoms with van der Waals surface area (Å²) >= 11 is 0. The topological polar surface area (TPSA) is 48.5 Å². The summed E-state index contributed by atoms with van der Waals surface area (Å²) in [6.45, 7) is 0. The van der Waals surface area contributed by atoms with Crippen LogP contribution in [-0.4, -0.2) is 24.1 Å². The third-order valence-electron chi connectivity index (χ3n) is 13.7. The quantitative estimate of drug-likeness (QED) is 0.167. The van der Waals surface area contributed by atoms with Crippen molar-refractivity contribution >= 4 is 75.9 Å². The Hall–Kier alpha value is -9.19. The van der Waals surface area contributed by atoms with Gasteiger partial charge < -0.3 is 9.13 Å². The summed E-state index contributed by atoms with van der Waals surface area (Å²) in [6.07, 6.45) is 0. The maximum absolute atomic E-state index is 5.52. The molecule has 0 saturated heterocycles. The van der Waals surface area contributed by atoms with Gasteiger partial charge in [-0.2, -0.15) is 0 Å². The van der Waals surface area contributed by atoms with Gasteiger partial charge in [-0.15, -0.1) is 0 Å². The molecule has 0 amide bonds. The molecule has 0 radical (unpaired) electrons. The third-order valence-corrected chi connectivity index (χ3v) is 13.7. The van der Waals surface area contributed by atoms with E-state index in [2.05, 4.69) is 228 Å². The summed E-state index contributed by atoms with van der Waals surface area (Å²) in [7, 11) is 0. The van der Waals surface area contributed by atoms with Crippen LogP contribution in [0.5, 0.6) is 0 Å². The van der Waals surface area contributed by atoms with Gasteiger partial charge in [0.1, 0.15) is 0 Å². The molecule has 0 aliphatic carbocycles. The van der Waals surface area contributed by atoms with Crippen molar-refractivity contribution in [2.45, 2.75) is 0 Å². The highest BCUT2D eigenvalue weighted by Crippen LogP contribution is 2.45. The number of benzene rings is 11. The molecule has 5 nitrogen and oxygen atoms in total. The van der Waals surface area contributed by atoms with Crippen molar-refractivity contribution in [3.63, 3.8) is 0 Å². The number of hydrogen-bond acceptors (Lipinski definition) is 3. The second kappa shape index (κ2) is 15.2. The molecule has 0 unspecified atom stereocenters. The fraction of sp³-hybridized carbons (Fsp3) is 0. The second-order valence-corrected chi connectivity index (χ2v) is 17.6. The molecule has 0 spiro atoms. The van der Waals surface area contributed by atoms with Gasteiger partial charge in [-0.1, -0.05) is 188 Å². The van der Waals surface area contributed by atoms with E-state index in [1.807, 2.05) is 18.2 Å². The van der Waals surface area contributed by atoms with Gasteiger partial charge in [0.05, 0.1) is 27.8 Å². The van der Waals surface area contributed by atoms with E-state index >= 15 is 0 Å². The lowest BCUT2D eigenvalue weighted by Crippen LogP contribution is -2.04. The van der Waals surface area contributed by atoms with Gasteiger partial charge in [-0.25, -0.2) is 15.0 Å². The van der Waals surface area contributed by atoms with Crippen LogP contribution in [0, 0.1) is 0 Å². The van der Waals surface area contributed by atoms with Crippen LogP contribution in [0.1, 0.15) is 0 Å². The minimum atomic E-state index is 0.606. The van der Waals surface area contributed by atoms with Gasteiger partial charge in [0, 0.05) is 49.3 Å². The van der Waals surface area contributed by atoms with Crippen molar-refractivity contribution in [1.82, 2.24) is 24.1 Å². The van der Waals surface area contributed by atoms with Gasteiger partial charge >= 0.3 is 0 Å². The monoisotopic (exact) mass is 865 g/mol. The Labute approximate surface area is 391 Å². The van der Waals surface area contributed by atoms with Crippen LogP contribution in [0.3, 0.4) is 0 Å². The predicted molar refractivity (Wildman–Crippen MR) is 283 cm³/mol. The first-order chi connectivity index (χ1) is 33.7. The summed E-state index contributed by atoms with van der Waals surface area (Å²) in [6, 6.07) is 84.6. The summed E-state index contributed by atoms with van der Waals surface area (Å²) in [5.74, 6) is 1.83. The lowest BCUT2D eigenvalue weighted by atomic mass is 9.92. The SMILES string of the molecule is c1ccc(-c2nc(-c3ccc4c5ccccc5n(-c5ccccc5)c4c3)nc(-c3c(-c4ccccc4)cc(-n4c5cc6ccccc6cc5c5c6ccccc6ccc54)c4ccccc34)n2)cc1. The smallest absolute Gasteiger partial charge is 0.165 e. The van der Waals surface area contributed by atoms with E-state index in [-0.39, 0.29) is 0 Å². The highest BCUT2D eigenvalue weighted by molar-refractivity contribution is 6.24. The van der Waals surface area contributed by atoms with E-state index in [4.69, 9.17) is 15.0 Å². The molecule has 14 rings (SSSR count). The van der Waals surface area contributed by atoms with Crippen molar-refractivity contribution in [2.75, 3.05) is 0 Å². The van der Waals surface area contributed by atoms with Crippen LogP contribution in [0.2, 0.25) is 0 Å². The van der Waals surface area contributed by atoms with E-state index < -0.39 is 0 Å². The molecule has 0 saturated carbocycles. The zero-order valence-electron chi connectivity index (χ0n) is 36.8. The average molecular weight is 866 g/mol. The van der Waals surface area contributed by atoms with E-state index in [0.29, 0.717) is 17.5 Å². The minimum absolute atomic E-state index is 0.606. The molecule has 11 aromatic carbocycles. The minimum Gasteiger partial charge on any atom is -0.309 e. The Morgan fingerprint density at radius 2 is 0.838 bits per heavy atom. The number of para-hydroxylation sites is 2. The fourth-order valence-corrected chi connectivity index (χ4v) is 10.7. The number of nitrogens with zero attached hydrogens (tertiary/aromatic N) is 5. The van der Waals surface area contributed by atoms with Crippen LogP contribution in [0.4, 0.5) is 0 Å². The summed E-state index contributed by atoms with van der Waals surface area (Å²) in [5.41, 5.74) is 11.6. The van der Waals surface area contributed by atoms with E-state index in [0.717, 1.165) is 72.0 Å². The van der Waals surface area contributed by atoms with Crippen LogP contribution in [0.25, 0.3) is 133 Å². The molecule has 0 N–H and O–H groups in total. The largest absolute Gasteiger partial charge is 0.309 e. The Morgan fingerprint density at radius 3 is 1.60 bits per heavy atom. The average Bonchev–Trinajstić information content (AvgIpc) is 3.92. The summed E-state index contributed by atoms with van der Waals surface area (Å²) in [5, 5.41) is 11.9. The Balaban J connectivity index is 1.07. The molecule has 3 aromatic heterocycles. The predicted octanol–water partition coefficient (Wildman–Crippen LogP) is 16.2. The van der Waals surface area contributed by atoms with E-state index in [9.17, 15) is 0 Å². The van der Waals surface area contributed by atoms with Gasteiger partial charge in [0.25, 0.3) is 0 Å². The first-order valence-electron chi connectivity index (χ1n) is 23.1. The van der Waals surface area contributed by atoms with Crippen LogP contribution < -0.4 is 0 Å². The summed E-state index contributed by atoms with van der Waals surface area (Å²) < 4.78 is 4.83. The van der Waals surface area contributed by atoms with E-state index in [1.54, 1.807) is 0 Å². The highest BCUT2D eigenvalue weighted by Gasteiger charge is 2.24.